The van der Waals surface area contributed by atoms with Crippen LogP contribution in [0.25, 0.3) is 0 Å². The highest BCUT2D eigenvalue weighted by Crippen LogP contribution is 2.33. The van der Waals surface area contributed by atoms with E-state index in [1.807, 2.05) is 30.9 Å². The van der Waals surface area contributed by atoms with Crippen molar-refractivity contribution < 1.29 is 38.8 Å². The SMILES string of the molecule is CC(C)c1cc(C(=N)N(C(N)=O)c2ccc(CN3CCN(C(=O)CCOCCOCCOCCNC=O)CC3)cc2)c(O)cc1O. The minimum Gasteiger partial charge on any atom is -0.508 e. The molecule has 4 amide bonds. The molecule has 252 valence electrons. The van der Waals surface area contributed by atoms with E-state index < -0.39 is 6.03 Å². The van der Waals surface area contributed by atoms with Crippen molar-refractivity contribution in [3.8, 4) is 11.5 Å². The van der Waals surface area contributed by atoms with E-state index in [4.69, 9.17) is 25.4 Å². The molecule has 0 radical (unpaired) electrons. The molecule has 14 nitrogen and oxygen atoms in total. The van der Waals surface area contributed by atoms with Gasteiger partial charge in [-0.1, -0.05) is 26.0 Å². The third-order valence-corrected chi connectivity index (χ3v) is 7.47. The summed E-state index contributed by atoms with van der Waals surface area (Å²) in [7, 11) is 0. The van der Waals surface area contributed by atoms with Crippen LogP contribution in [0.3, 0.4) is 0 Å². The van der Waals surface area contributed by atoms with Gasteiger partial charge in [-0.05, 0) is 35.2 Å². The maximum atomic E-state index is 12.6. The smallest absolute Gasteiger partial charge is 0.325 e. The van der Waals surface area contributed by atoms with Crippen molar-refractivity contribution in [2.75, 3.05) is 77.3 Å². The summed E-state index contributed by atoms with van der Waals surface area (Å²) in [6, 6.07) is 8.89. The quantitative estimate of drug-likeness (QED) is 0.0700. The average molecular weight is 643 g/mol. The Morgan fingerprint density at radius 1 is 0.957 bits per heavy atom. The van der Waals surface area contributed by atoms with Gasteiger partial charge in [0.25, 0.3) is 0 Å². The standard InChI is InChI=1S/C32H46N6O8/c1-23(2)26-19-27(29(41)20-28(26)40)31(33)38(32(34)43)25-5-3-24(4-6-25)21-36-9-11-37(12-10-36)30(42)7-13-44-15-17-46-18-16-45-14-8-35-22-39/h3-6,19-20,22-23,33,40-41H,7-18,21H2,1-2H3,(H2,34,43)(H,35,39). The fourth-order valence-corrected chi connectivity index (χ4v) is 4.95. The molecule has 1 aliphatic heterocycles. The Balaban J connectivity index is 1.40. The monoisotopic (exact) mass is 642 g/mol. The lowest BCUT2D eigenvalue weighted by Crippen LogP contribution is -2.48. The highest BCUT2D eigenvalue weighted by molar-refractivity contribution is 6.22. The Kier molecular flexibility index (Phi) is 14.7. The number of carbonyl (C=O) groups excluding carboxylic acids is 3. The normalized spacial score (nSPS) is 13.5. The second kappa shape index (κ2) is 18.7. The first-order chi connectivity index (χ1) is 22.1. The van der Waals surface area contributed by atoms with E-state index in [2.05, 4.69) is 10.2 Å². The van der Waals surface area contributed by atoms with Crippen molar-refractivity contribution in [2.24, 2.45) is 5.73 Å². The molecule has 1 heterocycles. The molecule has 0 unspecified atom stereocenters. The predicted molar refractivity (Wildman–Crippen MR) is 172 cm³/mol. The molecular weight excluding hydrogens is 596 g/mol. The zero-order valence-electron chi connectivity index (χ0n) is 26.6. The number of urea groups is 1. The summed E-state index contributed by atoms with van der Waals surface area (Å²) in [5.41, 5.74) is 7.62. The highest BCUT2D eigenvalue weighted by Gasteiger charge is 2.25. The molecule has 0 spiro atoms. The van der Waals surface area contributed by atoms with Gasteiger partial charge in [-0.2, -0.15) is 0 Å². The molecule has 0 aliphatic carbocycles. The third kappa shape index (κ3) is 11.0. The molecule has 0 saturated carbocycles. The Morgan fingerprint density at radius 2 is 1.57 bits per heavy atom. The van der Waals surface area contributed by atoms with Gasteiger partial charge in [0.2, 0.25) is 12.3 Å². The zero-order chi connectivity index (χ0) is 33.5. The number of nitrogens with one attached hydrogen (secondary N) is 2. The molecule has 1 fully saturated rings. The minimum atomic E-state index is -0.876. The molecule has 1 aliphatic rings. The predicted octanol–water partition coefficient (Wildman–Crippen LogP) is 1.96. The first kappa shape index (κ1) is 36.2. The number of amidine groups is 1. The second-order valence-electron chi connectivity index (χ2n) is 11.1. The Labute approximate surface area is 269 Å². The number of primary amides is 1. The number of anilines is 1. The van der Waals surface area contributed by atoms with E-state index in [0.717, 1.165) is 10.5 Å². The van der Waals surface area contributed by atoms with Crippen LogP contribution >= 0.6 is 0 Å². The van der Waals surface area contributed by atoms with Crippen molar-refractivity contribution in [3.05, 3.63) is 53.1 Å². The van der Waals surface area contributed by atoms with Crippen LogP contribution in [0.15, 0.2) is 36.4 Å². The molecular formula is C32H46N6O8. The van der Waals surface area contributed by atoms with E-state index in [9.17, 15) is 24.6 Å². The molecule has 46 heavy (non-hydrogen) atoms. The summed E-state index contributed by atoms with van der Waals surface area (Å²) in [4.78, 5) is 40.2. The van der Waals surface area contributed by atoms with Crippen LogP contribution < -0.4 is 16.0 Å². The molecule has 2 aromatic carbocycles. The maximum Gasteiger partial charge on any atom is 0.325 e. The number of nitrogens with two attached hydrogens (primary N) is 1. The van der Waals surface area contributed by atoms with E-state index in [1.54, 1.807) is 12.1 Å². The fourth-order valence-electron chi connectivity index (χ4n) is 4.95. The van der Waals surface area contributed by atoms with Gasteiger partial charge in [0.05, 0.1) is 57.3 Å². The summed E-state index contributed by atoms with van der Waals surface area (Å²) in [5.74, 6) is -0.735. The van der Waals surface area contributed by atoms with E-state index in [1.165, 1.54) is 12.1 Å². The molecule has 0 atom stereocenters. The van der Waals surface area contributed by atoms with Crippen LogP contribution in [0.2, 0.25) is 0 Å². The van der Waals surface area contributed by atoms with E-state index >= 15 is 0 Å². The lowest BCUT2D eigenvalue weighted by molar-refractivity contribution is -0.134. The molecule has 2 aromatic rings. The topological polar surface area (TPSA) is 191 Å². The summed E-state index contributed by atoms with van der Waals surface area (Å²) < 4.78 is 16.2. The molecule has 14 heteroatoms. The van der Waals surface area contributed by atoms with Crippen LogP contribution in [0, 0.1) is 5.41 Å². The molecule has 0 aromatic heterocycles. The number of nitrogens with zero attached hydrogens (tertiary/aromatic N) is 3. The molecule has 6 N–H and O–H groups in total. The second-order valence-corrected chi connectivity index (χ2v) is 11.1. The van der Waals surface area contributed by atoms with Crippen LogP contribution in [0.1, 0.15) is 42.9 Å². The van der Waals surface area contributed by atoms with Crippen molar-refractivity contribution in [1.82, 2.24) is 15.1 Å². The van der Waals surface area contributed by atoms with Gasteiger partial charge >= 0.3 is 6.03 Å². The maximum absolute atomic E-state index is 12.6. The molecule has 1 saturated heterocycles. The van der Waals surface area contributed by atoms with Gasteiger partial charge in [0.1, 0.15) is 17.3 Å². The molecule has 3 rings (SSSR count). The number of amides is 4. The lowest BCUT2D eigenvalue weighted by Gasteiger charge is -2.35. The minimum absolute atomic E-state index is 0.0522. The van der Waals surface area contributed by atoms with Crippen LogP contribution in [0.4, 0.5) is 10.5 Å². The van der Waals surface area contributed by atoms with Crippen molar-refractivity contribution in [3.63, 3.8) is 0 Å². The zero-order valence-corrected chi connectivity index (χ0v) is 26.6. The Hall–Kier alpha value is -4.24. The van der Waals surface area contributed by atoms with Gasteiger partial charge in [-0.15, -0.1) is 0 Å². The number of hydrogen-bond donors (Lipinski definition) is 5. The van der Waals surface area contributed by atoms with Gasteiger partial charge in [-0.3, -0.25) is 19.9 Å². The van der Waals surface area contributed by atoms with Crippen LogP contribution in [-0.4, -0.2) is 117 Å². The summed E-state index contributed by atoms with van der Waals surface area (Å²) in [6.07, 6.45) is 0.933. The highest BCUT2D eigenvalue weighted by atomic mass is 16.5. The number of hydrogen-bond acceptors (Lipinski definition) is 10. The number of ether oxygens (including phenoxy) is 3. The van der Waals surface area contributed by atoms with Crippen molar-refractivity contribution in [1.29, 1.82) is 5.41 Å². The number of phenols is 2. The fraction of sp³-hybridized carbons (Fsp3) is 0.500. The van der Waals surface area contributed by atoms with Gasteiger partial charge in [0, 0.05) is 45.3 Å². The first-order valence-electron chi connectivity index (χ1n) is 15.4. The van der Waals surface area contributed by atoms with Crippen molar-refractivity contribution in [2.45, 2.75) is 32.7 Å². The summed E-state index contributed by atoms with van der Waals surface area (Å²) in [6.45, 7) is 9.95. The van der Waals surface area contributed by atoms with Gasteiger partial charge in [-0.25, -0.2) is 9.69 Å². The largest absolute Gasteiger partial charge is 0.508 e. The van der Waals surface area contributed by atoms with Crippen molar-refractivity contribution >= 4 is 29.9 Å². The number of rotatable bonds is 18. The van der Waals surface area contributed by atoms with E-state index in [0.29, 0.717) is 103 Å². The summed E-state index contributed by atoms with van der Waals surface area (Å²) >= 11 is 0. The Morgan fingerprint density at radius 3 is 2.15 bits per heavy atom. The number of benzene rings is 2. The van der Waals surface area contributed by atoms with Crippen LogP contribution in [0.5, 0.6) is 11.5 Å². The third-order valence-electron chi connectivity index (χ3n) is 7.47. The average Bonchev–Trinajstić information content (AvgIpc) is 3.02. The lowest BCUT2D eigenvalue weighted by atomic mass is 9.98. The number of carbonyl (C=O) groups is 3. The first-order valence-corrected chi connectivity index (χ1v) is 15.4. The van der Waals surface area contributed by atoms with E-state index in [-0.39, 0.29) is 34.7 Å². The Bertz CT molecular complexity index is 1300. The summed E-state index contributed by atoms with van der Waals surface area (Å²) in [5, 5.41) is 31.7. The molecule has 0 bridgehead atoms. The number of aromatic hydroxyl groups is 2. The number of phenolic OH excluding ortho intramolecular Hbond substituents is 2. The van der Waals surface area contributed by atoms with Gasteiger partial charge in [0.15, 0.2) is 0 Å². The number of piperazine rings is 1. The van der Waals surface area contributed by atoms with Gasteiger partial charge < -0.3 is 40.4 Å². The van der Waals surface area contributed by atoms with Crippen LogP contribution in [-0.2, 0) is 30.3 Å².